The molecule has 5 heteroatoms. The van der Waals surface area contributed by atoms with E-state index in [1.807, 2.05) is 0 Å². The average molecular weight is 302 g/mol. The first kappa shape index (κ1) is 15.7. The lowest BCUT2D eigenvalue weighted by molar-refractivity contribution is -0.143. The van der Waals surface area contributed by atoms with Crippen LogP contribution in [0.5, 0.6) is 17.2 Å². The van der Waals surface area contributed by atoms with E-state index in [-0.39, 0.29) is 12.4 Å². The van der Waals surface area contributed by atoms with Gasteiger partial charge in [0, 0.05) is 6.07 Å². The average Bonchev–Trinajstić information content (AvgIpc) is 2.55. The van der Waals surface area contributed by atoms with Crippen molar-refractivity contribution < 1.29 is 24.1 Å². The van der Waals surface area contributed by atoms with Crippen LogP contribution in [0.1, 0.15) is 11.5 Å². The van der Waals surface area contributed by atoms with Gasteiger partial charge in [-0.1, -0.05) is 18.2 Å². The van der Waals surface area contributed by atoms with Gasteiger partial charge < -0.3 is 19.3 Å². The van der Waals surface area contributed by atoms with Crippen LogP contribution in [-0.4, -0.2) is 31.9 Å². The number of rotatable bonds is 6. The quantitative estimate of drug-likeness (QED) is 0.831. The van der Waals surface area contributed by atoms with Crippen molar-refractivity contribution in [3.8, 4) is 17.2 Å². The van der Waals surface area contributed by atoms with Crippen molar-refractivity contribution in [1.29, 1.82) is 0 Å². The van der Waals surface area contributed by atoms with Gasteiger partial charge in [0.15, 0.2) is 0 Å². The van der Waals surface area contributed by atoms with E-state index >= 15 is 0 Å². The lowest BCUT2D eigenvalue weighted by Gasteiger charge is -2.16. The first-order valence-electron chi connectivity index (χ1n) is 6.77. The number of ether oxygens (including phenoxy) is 3. The van der Waals surface area contributed by atoms with Crippen LogP contribution in [0, 0.1) is 0 Å². The summed E-state index contributed by atoms with van der Waals surface area (Å²) in [7, 11) is 2.90. The van der Waals surface area contributed by atoms with Crippen molar-refractivity contribution in [2.75, 3.05) is 20.8 Å². The largest absolute Gasteiger partial charge is 0.508 e. The van der Waals surface area contributed by atoms with Crippen molar-refractivity contribution in [2.24, 2.45) is 0 Å². The second-order valence-electron chi connectivity index (χ2n) is 4.66. The molecule has 5 nitrogen and oxygen atoms in total. The van der Waals surface area contributed by atoms with Crippen LogP contribution in [0.2, 0.25) is 0 Å². The summed E-state index contributed by atoms with van der Waals surface area (Å²) in [5, 5.41) is 9.56. The molecule has 0 heterocycles. The molecular formula is C17H18O5. The predicted octanol–water partition coefficient (Wildman–Crippen LogP) is 2.74. The van der Waals surface area contributed by atoms with Crippen LogP contribution in [0.4, 0.5) is 0 Å². The predicted molar refractivity (Wildman–Crippen MR) is 81.4 cm³/mol. The topological polar surface area (TPSA) is 65.0 Å². The molecule has 0 spiro atoms. The Bertz CT molecular complexity index is 638. The maximum Gasteiger partial charge on any atom is 0.316 e. The fraction of sp³-hybridized carbons (Fsp3) is 0.235. The van der Waals surface area contributed by atoms with E-state index in [0.29, 0.717) is 17.1 Å². The Morgan fingerprint density at radius 3 is 2.50 bits per heavy atom. The molecule has 0 saturated carbocycles. The number of hydrogen-bond acceptors (Lipinski definition) is 5. The van der Waals surface area contributed by atoms with Gasteiger partial charge in [-0.15, -0.1) is 0 Å². The minimum absolute atomic E-state index is 0.0905. The summed E-state index contributed by atoms with van der Waals surface area (Å²) >= 11 is 0. The molecule has 116 valence electrons. The summed E-state index contributed by atoms with van der Waals surface area (Å²) in [5.74, 6) is 0.308. The summed E-state index contributed by atoms with van der Waals surface area (Å²) in [5.41, 5.74) is 0.634. The summed E-state index contributed by atoms with van der Waals surface area (Å²) in [6, 6.07) is 13.6. The first-order chi connectivity index (χ1) is 10.6. The number of phenols is 1. The summed E-state index contributed by atoms with van der Waals surface area (Å²) < 4.78 is 15.6. The van der Waals surface area contributed by atoms with Gasteiger partial charge in [0.05, 0.1) is 14.2 Å². The van der Waals surface area contributed by atoms with Crippen LogP contribution >= 0.6 is 0 Å². The number of aromatic hydroxyl groups is 1. The summed E-state index contributed by atoms with van der Waals surface area (Å²) in [4.78, 5) is 12.0. The molecule has 2 rings (SSSR count). The molecule has 2 aromatic rings. The molecule has 2 aromatic carbocycles. The minimum atomic E-state index is -0.622. The number of carbonyl (C=O) groups is 1. The monoisotopic (exact) mass is 302 g/mol. The number of methoxy groups -OCH3 is 2. The highest BCUT2D eigenvalue weighted by Gasteiger charge is 2.23. The van der Waals surface area contributed by atoms with E-state index in [1.54, 1.807) is 49.6 Å². The molecule has 0 aliphatic carbocycles. The maximum atomic E-state index is 12.0. The SMILES string of the molecule is COC(=O)C(COc1cccc(OC)c1)c1cccc(O)c1. The first-order valence-corrected chi connectivity index (χ1v) is 6.77. The minimum Gasteiger partial charge on any atom is -0.508 e. The number of hydrogen-bond donors (Lipinski definition) is 1. The van der Waals surface area contributed by atoms with Crippen LogP contribution in [0.25, 0.3) is 0 Å². The van der Waals surface area contributed by atoms with Gasteiger partial charge in [-0.05, 0) is 29.8 Å². The Labute approximate surface area is 129 Å². The molecule has 0 aromatic heterocycles. The van der Waals surface area contributed by atoms with Crippen LogP contribution in [0.15, 0.2) is 48.5 Å². The third kappa shape index (κ3) is 3.91. The highest BCUT2D eigenvalue weighted by atomic mass is 16.5. The summed E-state index contributed by atoms with van der Waals surface area (Å²) in [6.07, 6.45) is 0. The van der Waals surface area contributed by atoms with Crippen molar-refractivity contribution in [3.05, 3.63) is 54.1 Å². The fourth-order valence-electron chi connectivity index (χ4n) is 2.05. The number of benzene rings is 2. The number of carbonyl (C=O) groups excluding carboxylic acids is 1. The zero-order chi connectivity index (χ0) is 15.9. The lowest BCUT2D eigenvalue weighted by atomic mass is 10.00. The van der Waals surface area contributed by atoms with Gasteiger partial charge in [0.1, 0.15) is 29.8 Å². The molecule has 1 unspecified atom stereocenters. The molecule has 0 fully saturated rings. The number of esters is 1. The van der Waals surface area contributed by atoms with Crippen molar-refractivity contribution in [1.82, 2.24) is 0 Å². The molecule has 0 aliphatic rings. The standard InChI is InChI=1S/C17H18O5/c1-20-14-7-4-8-15(10-14)22-11-16(17(19)21-2)12-5-3-6-13(18)9-12/h3-10,16,18H,11H2,1-2H3. The van der Waals surface area contributed by atoms with E-state index in [2.05, 4.69) is 0 Å². The fourth-order valence-corrected chi connectivity index (χ4v) is 2.05. The van der Waals surface area contributed by atoms with Crippen molar-refractivity contribution in [2.45, 2.75) is 5.92 Å². The second-order valence-corrected chi connectivity index (χ2v) is 4.66. The Kier molecular flexibility index (Phi) is 5.25. The Balaban J connectivity index is 2.15. The van der Waals surface area contributed by atoms with Crippen molar-refractivity contribution >= 4 is 5.97 Å². The summed E-state index contributed by atoms with van der Waals surface area (Å²) in [6.45, 7) is 0.100. The van der Waals surface area contributed by atoms with Gasteiger partial charge in [0.25, 0.3) is 0 Å². The molecule has 0 amide bonds. The van der Waals surface area contributed by atoms with Crippen LogP contribution in [0.3, 0.4) is 0 Å². The Hall–Kier alpha value is -2.69. The van der Waals surface area contributed by atoms with E-state index in [9.17, 15) is 9.90 Å². The Morgan fingerprint density at radius 2 is 1.82 bits per heavy atom. The lowest BCUT2D eigenvalue weighted by Crippen LogP contribution is -2.21. The maximum absolute atomic E-state index is 12.0. The Morgan fingerprint density at radius 1 is 1.09 bits per heavy atom. The van der Waals surface area contributed by atoms with Gasteiger partial charge in [-0.2, -0.15) is 0 Å². The van der Waals surface area contributed by atoms with Gasteiger partial charge in [-0.3, -0.25) is 4.79 Å². The van der Waals surface area contributed by atoms with Crippen molar-refractivity contribution in [3.63, 3.8) is 0 Å². The molecule has 1 atom stereocenters. The zero-order valence-corrected chi connectivity index (χ0v) is 12.5. The zero-order valence-electron chi connectivity index (χ0n) is 12.5. The van der Waals surface area contributed by atoms with Gasteiger partial charge in [0.2, 0.25) is 0 Å². The molecule has 22 heavy (non-hydrogen) atoms. The van der Waals surface area contributed by atoms with Gasteiger partial charge >= 0.3 is 5.97 Å². The second kappa shape index (κ2) is 7.36. The van der Waals surface area contributed by atoms with Gasteiger partial charge in [-0.25, -0.2) is 0 Å². The highest BCUT2D eigenvalue weighted by molar-refractivity contribution is 5.78. The van der Waals surface area contributed by atoms with E-state index in [4.69, 9.17) is 14.2 Å². The third-order valence-electron chi connectivity index (χ3n) is 3.22. The van der Waals surface area contributed by atoms with E-state index in [0.717, 1.165) is 0 Å². The molecular weight excluding hydrogens is 284 g/mol. The van der Waals surface area contributed by atoms with Crippen LogP contribution in [-0.2, 0) is 9.53 Å². The molecule has 0 bridgehead atoms. The number of phenolic OH excluding ortho intramolecular Hbond substituents is 1. The van der Waals surface area contributed by atoms with E-state index in [1.165, 1.54) is 13.2 Å². The molecule has 0 radical (unpaired) electrons. The van der Waals surface area contributed by atoms with Crippen LogP contribution < -0.4 is 9.47 Å². The normalized spacial score (nSPS) is 11.5. The molecule has 0 saturated heterocycles. The molecule has 1 N–H and O–H groups in total. The third-order valence-corrected chi connectivity index (χ3v) is 3.22. The highest BCUT2D eigenvalue weighted by Crippen LogP contribution is 2.24. The molecule has 0 aliphatic heterocycles. The van der Waals surface area contributed by atoms with E-state index < -0.39 is 11.9 Å². The smallest absolute Gasteiger partial charge is 0.316 e.